The average molecular weight is 517 g/mol. The third kappa shape index (κ3) is 3.22. The SMILES string of the molecule is OC(c1ccccc1)(c1ccccc1)c1ccc2oc3ccccc3c2c1-c1cccc2c1oc1ccccc12. The van der Waals surface area contributed by atoms with Gasteiger partial charge in [0.25, 0.3) is 0 Å². The molecule has 3 heteroatoms. The van der Waals surface area contributed by atoms with Crippen LogP contribution in [0.3, 0.4) is 0 Å². The fourth-order valence-corrected chi connectivity index (χ4v) is 6.18. The molecular weight excluding hydrogens is 492 g/mol. The van der Waals surface area contributed by atoms with Crippen LogP contribution >= 0.6 is 0 Å². The van der Waals surface area contributed by atoms with E-state index in [0.717, 1.165) is 71.7 Å². The van der Waals surface area contributed by atoms with Crippen LogP contribution in [0.5, 0.6) is 0 Å². The minimum atomic E-state index is -1.45. The van der Waals surface area contributed by atoms with Crippen LogP contribution in [0.1, 0.15) is 16.7 Å². The van der Waals surface area contributed by atoms with Crippen LogP contribution in [0.25, 0.3) is 55.0 Å². The number of fused-ring (bicyclic) bond motifs is 6. The van der Waals surface area contributed by atoms with Gasteiger partial charge < -0.3 is 13.9 Å². The molecule has 0 spiro atoms. The zero-order valence-electron chi connectivity index (χ0n) is 21.5. The smallest absolute Gasteiger partial charge is 0.143 e. The lowest BCUT2D eigenvalue weighted by molar-refractivity contribution is 0.126. The van der Waals surface area contributed by atoms with Gasteiger partial charge in [-0.3, -0.25) is 0 Å². The molecule has 0 amide bonds. The molecule has 2 aromatic heterocycles. The fourth-order valence-electron chi connectivity index (χ4n) is 6.18. The van der Waals surface area contributed by atoms with Crippen LogP contribution in [0.4, 0.5) is 0 Å². The van der Waals surface area contributed by atoms with Gasteiger partial charge in [0.2, 0.25) is 0 Å². The van der Waals surface area contributed by atoms with Gasteiger partial charge in [0, 0.05) is 38.2 Å². The quantitative estimate of drug-likeness (QED) is 0.237. The molecule has 8 rings (SSSR count). The van der Waals surface area contributed by atoms with E-state index >= 15 is 0 Å². The summed E-state index contributed by atoms with van der Waals surface area (Å²) in [6.45, 7) is 0. The number of para-hydroxylation sites is 3. The van der Waals surface area contributed by atoms with Crippen molar-refractivity contribution >= 4 is 43.9 Å². The van der Waals surface area contributed by atoms with Gasteiger partial charge >= 0.3 is 0 Å². The van der Waals surface area contributed by atoms with Crippen molar-refractivity contribution in [1.82, 2.24) is 0 Å². The van der Waals surface area contributed by atoms with Crippen molar-refractivity contribution in [2.45, 2.75) is 5.60 Å². The fraction of sp³-hybridized carbons (Fsp3) is 0.0270. The van der Waals surface area contributed by atoms with Crippen LogP contribution in [0.2, 0.25) is 0 Å². The predicted molar refractivity (Wildman–Crippen MR) is 161 cm³/mol. The number of benzene rings is 6. The molecule has 0 atom stereocenters. The maximum atomic E-state index is 13.0. The van der Waals surface area contributed by atoms with Crippen molar-refractivity contribution in [3.8, 4) is 11.1 Å². The molecule has 0 aliphatic heterocycles. The summed E-state index contributed by atoms with van der Waals surface area (Å²) >= 11 is 0. The number of hydrogen-bond acceptors (Lipinski definition) is 3. The van der Waals surface area contributed by atoms with Gasteiger partial charge in [0.15, 0.2) is 0 Å². The maximum absolute atomic E-state index is 13.0. The van der Waals surface area contributed by atoms with Crippen LogP contribution in [0, 0.1) is 0 Å². The Labute approximate surface area is 230 Å². The summed E-state index contributed by atoms with van der Waals surface area (Å²) in [4.78, 5) is 0. The topological polar surface area (TPSA) is 46.5 Å². The van der Waals surface area contributed by atoms with Gasteiger partial charge in [-0.05, 0) is 29.3 Å². The summed E-state index contributed by atoms with van der Waals surface area (Å²) in [5.41, 5.74) is 5.86. The molecule has 0 saturated carbocycles. The number of hydrogen-bond donors (Lipinski definition) is 1. The summed E-state index contributed by atoms with van der Waals surface area (Å²) in [5.74, 6) is 0. The standard InChI is InChI=1S/C37H24O3/c38-37(24-12-3-1-4-13-24,25-14-5-2-6-15-25)30-22-23-33-35(28-17-8-10-21-32(28)39-33)34(30)29-19-11-18-27-26-16-7-9-20-31(26)40-36(27)29/h1-23,38H. The average Bonchev–Trinajstić information content (AvgIpc) is 3.60. The van der Waals surface area contributed by atoms with Crippen molar-refractivity contribution in [2.24, 2.45) is 0 Å². The normalized spacial score (nSPS) is 12.1. The van der Waals surface area contributed by atoms with Crippen LogP contribution < -0.4 is 0 Å². The molecule has 0 bridgehead atoms. The van der Waals surface area contributed by atoms with Crippen molar-refractivity contribution in [1.29, 1.82) is 0 Å². The van der Waals surface area contributed by atoms with E-state index in [4.69, 9.17) is 8.83 Å². The lowest BCUT2D eigenvalue weighted by Gasteiger charge is -2.32. The van der Waals surface area contributed by atoms with E-state index in [1.807, 2.05) is 109 Å². The van der Waals surface area contributed by atoms with Crippen LogP contribution in [0.15, 0.2) is 148 Å². The van der Waals surface area contributed by atoms with Gasteiger partial charge in [-0.25, -0.2) is 0 Å². The second kappa shape index (κ2) is 8.70. The highest BCUT2D eigenvalue weighted by atomic mass is 16.3. The van der Waals surface area contributed by atoms with Crippen molar-refractivity contribution in [3.05, 3.63) is 156 Å². The Morgan fingerprint density at radius 2 is 1.02 bits per heavy atom. The molecule has 0 saturated heterocycles. The molecule has 190 valence electrons. The summed E-state index contributed by atoms with van der Waals surface area (Å²) in [5, 5.41) is 17.0. The molecule has 0 fully saturated rings. The number of rotatable bonds is 4. The van der Waals surface area contributed by atoms with E-state index in [1.165, 1.54) is 0 Å². The first-order valence-electron chi connectivity index (χ1n) is 13.4. The Morgan fingerprint density at radius 1 is 0.450 bits per heavy atom. The minimum Gasteiger partial charge on any atom is -0.456 e. The lowest BCUT2D eigenvalue weighted by atomic mass is 9.76. The van der Waals surface area contributed by atoms with E-state index in [2.05, 4.69) is 30.3 Å². The Morgan fingerprint density at radius 3 is 1.73 bits per heavy atom. The molecular formula is C37H24O3. The molecule has 1 N–H and O–H groups in total. The van der Waals surface area contributed by atoms with E-state index in [-0.39, 0.29) is 0 Å². The van der Waals surface area contributed by atoms with Crippen LogP contribution in [-0.4, -0.2) is 5.11 Å². The highest BCUT2D eigenvalue weighted by Crippen LogP contribution is 2.49. The first kappa shape index (κ1) is 22.8. The van der Waals surface area contributed by atoms with E-state index in [9.17, 15) is 5.11 Å². The van der Waals surface area contributed by atoms with Crippen LogP contribution in [-0.2, 0) is 5.60 Å². The first-order chi connectivity index (χ1) is 19.7. The monoisotopic (exact) mass is 516 g/mol. The molecule has 8 aromatic rings. The van der Waals surface area contributed by atoms with Crippen molar-refractivity contribution in [3.63, 3.8) is 0 Å². The van der Waals surface area contributed by atoms with Crippen molar-refractivity contribution in [2.75, 3.05) is 0 Å². The molecule has 6 aromatic carbocycles. The third-order valence-electron chi connectivity index (χ3n) is 7.99. The Kier molecular flexibility index (Phi) is 4.97. The third-order valence-corrected chi connectivity index (χ3v) is 7.99. The molecule has 3 nitrogen and oxygen atoms in total. The first-order valence-corrected chi connectivity index (χ1v) is 13.4. The zero-order chi connectivity index (χ0) is 26.7. The van der Waals surface area contributed by atoms with Gasteiger partial charge in [-0.2, -0.15) is 0 Å². The zero-order valence-corrected chi connectivity index (χ0v) is 21.5. The van der Waals surface area contributed by atoms with Gasteiger partial charge in [0.1, 0.15) is 27.9 Å². The largest absolute Gasteiger partial charge is 0.456 e. The van der Waals surface area contributed by atoms with E-state index < -0.39 is 5.60 Å². The second-order valence-corrected chi connectivity index (χ2v) is 10.2. The lowest BCUT2D eigenvalue weighted by Crippen LogP contribution is -2.29. The van der Waals surface area contributed by atoms with E-state index in [1.54, 1.807) is 0 Å². The Hall–Kier alpha value is -5.12. The summed E-state index contributed by atoms with van der Waals surface area (Å²) < 4.78 is 12.9. The minimum absolute atomic E-state index is 0.761. The van der Waals surface area contributed by atoms with Crippen molar-refractivity contribution < 1.29 is 13.9 Å². The van der Waals surface area contributed by atoms with Gasteiger partial charge in [0.05, 0.1) is 0 Å². The molecule has 0 radical (unpaired) electrons. The van der Waals surface area contributed by atoms with Gasteiger partial charge in [-0.1, -0.05) is 121 Å². The Bertz CT molecular complexity index is 2130. The summed E-state index contributed by atoms with van der Waals surface area (Å²) in [7, 11) is 0. The summed E-state index contributed by atoms with van der Waals surface area (Å²) in [6.07, 6.45) is 0. The second-order valence-electron chi connectivity index (χ2n) is 10.2. The molecule has 0 aliphatic carbocycles. The molecule has 0 unspecified atom stereocenters. The molecule has 0 aliphatic rings. The molecule has 40 heavy (non-hydrogen) atoms. The maximum Gasteiger partial charge on any atom is 0.143 e. The predicted octanol–water partition coefficient (Wildman–Crippen LogP) is 9.44. The molecule has 2 heterocycles. The van der Waals surface area contributed by atoms with E-state index in [0.29, 0.717) is 0 Å². The number of aliphatic hydroxyl groups is 1. The van der Waals surface area contributed by atoms with Gasteiger partial charge in [-0.15, -0.1) is 0 Å². The highest BCUT2D eigenvalue weighted by molar-refractivity contribution is 6.18. The number of furan rings is 2. The highest BCUT2D eigenvalue weighted by Gasteiger charge is 2.37. The summed E-state index contributed by atoms with van der Waals surface area (Å²) in [6, 6.07) is 46.1. The Balaban J connectivity index is 1.58.